The molecule has 0 aromatic carbocycles. The molecule has 0 unspecified atom stereocenters. The van der Waals surface area contributed by atoms with Gasteiger partial charge in [0.15, 0.2) is 0 Å². The van der Waals surface area contributed by atoms with Crippen LogP contribution < -0.4 is 5.32 Å². The van der Waals surface area contributed by atoms with Crippen LogP contribution in [0.15, 0.2) is 18.5 Å². The highest BCUT2D eigenvalue weighted by Gasteiger charge is 2.19. The monoisotopic (exact) mass is 250 g/mol. The molecule has 1 heterocycles. The molecule has 1 aliphatic rings. The van der Waals surface area contributed by atoms with Crippen molar-refractivity contribution in [3.63, 3.8) is 0 Å². The van der Waals surface area contributed by atoms with Gasteiger partial charge < -0.3 is 14.6 Å². The summed E-state index contributed by atoms with van der Waals surface area (Å²) in [6.07, 6.45) is 8.23. The Labute approximate surface area is 111 Å². The van der Waals surface area contributed by atoms with E-state index in [9.17, 15) is 0 Å². The molecular weight excluding hydrogens is 224 g/mol. The van der Waals surface area contributed by atoms with Crippen LogP contribution in [-0.2, 0) is 17.8 Å². The smallest absolute Gasteiger partial charge is 0.0645 e. The second kappa shape index (κ2) is 6.95. The lowest BCUT2D eigenvalue weighted by atomic mass is 10.1. The summed E-state index contributed by atoms with van der Waals surface area (Å²) in [5.41, 5.74) is 1.38. The molecule has 0 bridgehead atoms. The van der Waals surface area contributed by atoms with Crippen molar-refractivity contribution in [1.29, 1.82) is 0 Å². The molecule has 0 atom stereocenters. The molecule has 102 valence electrons. The molecule has 2 rings (SSSR count). The second-order valence-electron chi connectivity index (χ2n) is 5.71. The summed E-state index contributed by atoms with van der Waals surface area (Å²) in [5.74, 6) is 0.733. The second-order valence-corrected chi connectivity index (χ2v) is 5.71. The molecule has 1 N–H and O–H groups in total. The molecule has 0 amide bonds. The maximum atomic E-state index is 5.63. The van der Waals surface area contributed by atoms with Crippen LogP contribution in [0.3, 0.4) is 0 Å². The SMILES string of the molecule is CC(C)CCOCCn1ccc(CNC2CC2)c1. The number of hydrogen-bond acceptors (Lipinski definition) is 2. The zero-order valence-corrected chi connectivity index (χ0v) is 11.7. The molecule has 0 radical (unpaired) electrons. The Morgan fingerprint density at radius 1 is 1.39 bits per heavy atom. The minimum absolute atomic E-state index is 0.733. The van der Waals surface area contributed by atoms with Crippen LogP contribution in [0.1, 0.15) is 38.7 Å². The van der Waals surface area contributed by atoms with Crippen molar-refractivity contribution in [1.82, 2.24) is 9.88 Å². The zero-order chi connectivity index (χ0) is 12.8. The zero-order valence-electron chi connectivity index (χ0n) is 11.7. The van der Waals surface area contributed by atoms with Gasteiger partial charge in [-0.2, -0.15) is 0 Å². The number of hydrogen-bond donors (Lipinski definition) is 1. The van der Waals surface area contributed by atoms with Crippen LogP contribution in [0.5, 0.6) is 0 Å². The van der Waals surface area contributed by atoms with E-state index in [2.05, 4.69) is 42.2 Å². The molecule has 3 heteroatoms. The Kier molecular flexibility index (Phi) is 5.26. The van der Waals surface area contributed by atoms with Gasteiger partial charge in [0.25, 0.3) is 0 Å². The highest BCUT2D eigenvalue weighted by molar-refractivity contribution is 5.10. The van der Waals surface area contributed by atoms with E-state index >= 15 is 0 Å². The van der Waals surface area contributed by atoms with Crippen molar-refractivity contribution in [2.45, 2.75) is 52.2 Å². The average Bonchev–Trinajstić information content (AvgIpc) is 3.06. The first-order chi connectivity index (χ1) is 8.74. The third-order valence-corrected chi connectivity index (χ3v) is 3.32. The number of rotatable bonds is 9. The van der Waals surface area contributed by atoms with E-state index in [1.165, 1.54) is 18.4 Å². The molecule has 3 nitrogen and oxygen atoms in total. The molecule has 1 aliphatic carbocycles. The Bertz CT molecular complexity index is 342. The highest BCUT2D eigenvalue weighted by Crippen LogP contribution is 2.19. The minimum Gasteiger partial charge on any atom is -0.380 e. The van der Waals surface area contributed by atoms with Crippen molar-refractivity contribution >= 4 is 0 Å². The first-order valence-electron chi connectivity index (χ1n) is 7.20. The predicted molar refractivity (Wildman–Crippen MR) is 74.6 cm³/mol. The van der Waals surface area contributed by atoms with Crippen LogP contribution in [0.25, 0.3) is 0 Å². The molecule has 0 aliphatic heterocycles. The summed E-state index contributed by atoms with van der Waals surface area (Å²) in [6, 6.07) is 2.98. The van der Waals surface area contributed by atoms with Gasteiger partial charge >= 0.3 is 0 Å². The van der Waals surface area contributed by atoms with E-state index < -0.39 is 0 Å². The van der Waals surface area contributed by atoms with Crippen molar-refractivity contribution in [3.05, 3.63) is 24.0 Å². The van der Waals surface area contributed by atoms with Gasteiger partial charge in [-0.1, -0.05) is 13.8 Å². The number of nitrogens with zero attached hydrogens (tertiary/aromatic N) is 1. The van der Waals surface area contributed by atoms with E-state index in [4.69, 9.17) is 4.74 Å². The molecular formula is C15H26N2O. The summed E-state index contributed by atoms with van der Waals surface area (Å²) in [4.78, 5) is 0. The van der Waals surface area contributed by atoms with Gasteiger partial charge in [-0.15, -0.1) is 0 Å². The van der Waals surface area contributed by atoms with Gasteiger partial charge in [0.2, 0.25) is 0 Å². The van der Waals surface area contributed by atoms with Gasteiger partial charge in [0.05, 0.1) is 6.61 Å². The molecule has 1 saturated carbocycles. The topological polar surface area (TPSA) is 26.2 Å². The standard InChI is InChI=1S/C15H26N2O/c1-13(2)6-9-18-10-8-17-7-5-14(12-17)11-16-15-3-4-15/h5,7,12-13,15-16H,3-4,6,8-11H2,1-2H3. The Morgan fingerprint density at radius 3 is 2.94 bits per heavy atom. The number of nitrogens with one attached hydrogen (secondary N) is 1. The third-order valence-electron chi connectivity index (χ3n) is 3.32. The third kappa shape index (κ3) is 5.23. The maximum absolute atomic E-state index is 5.63. The Morgan fingerprint density at radius 2 is 2.22 bits per heavy atom. The van der Waals surface area contributed by atoms with Crippen molar-refractivity contribution in [2.24, 2.45) is 5.92 Å². The van der Waals surface area contributed by atoms with Crippen LogP contribution in [0.4, 0.5) is 0 Å². The molecule has 18 heavy (non-hydrogen) atoms. The number of ether oxygens (including phenoxy) is 1. The Balaban J connectivity index is 1.57. The van der Waals surface area contributed by atoms with Crippen LogP contribution in [0.2, 0.25) is 0 Å². The van der Waals surface area contributed by atoms with Crippen LogP contribution >= 0.6 is 0 Å². The van der Waals surface area contributed by atoms with Crippen molar-refractivity contribution < 1.29 is 4.74 Å². The average molecular weight is 250 g/mol. The largest absolute Gasteiger partial charge is 0.380 e. The lowest BCUT2D eigenvalue weighted by molar-refractivity contribution is 0.116. The van der Waals surface area contributed by atoms with E-state index in [1.807, 2.05) is 0 Å². The van der Waals surface area contributed by atoms with E-state index in [-0.39, 0.29) is 0 Å². The van der Waals surface area contributed by atoms with E-state index in [1.54, 1.807) is 0 Å². The Hall–Kier alpha value is -0.800. The van der Waals surface area contributed by atoms with Crippen molar-refractivity contribution in [3.8, 4) is 0 Å². The van der Waals surface area contributed by atoms with Crippen molar-refractivity contribution in [2.75, 3.05) is 13.2 Å². The van der Waals surface area contributed by atoms with Crippen LogP contribution in [-0.4, -0.2) is 23.8 Å². The maximum Gasteiger partial charge on any atom is 0.0645 e. The lowest BCUT2D eigenvalue weighted by Gasteiger charge is -2.07. The summed E-state index contributed by atoms with van der Waals surface area (Å²) < 4.78 is 7.85. The quantitative estimate of drug-likeness (QED) is 0.682. The predicted octanol–water partition coefficient (Wildman–Crippen LogP) is 2.80. The van der Waals surface area contributed by atoms with Gasteiger partial charge in [-0.25, -0.2) is 0 Å². The first-order valence-corrected chi connectivity index (χ1v) is 7.20. The summed E-state index contributed by atoms with van der Waals surface area (Å²) >= 11 is 0. The highest BCUT2D eigenvalue weighted by atomic mass is 16.5. The first kappa shape index (κ1) is 13.6. The molecule has 1 aromatic rings. The van der Waals surface area contributed by atoms with E-state index in [0.717, 1.165) is 44.7 Å². The normalized spacial score (nSPS) is 15.5. The molecule has 0 spiro atoms. The lowest BCUT2D eigenvalue weighted by Crippen LogP contribution is -2.14. The molecule has 1 fully saturated rings. The van der Waals surface area contributed by atoms with Gasteiger partial charge in [-0.3, -0.25) is 0 Å². The van der Waals surface area contributed by atoms with Gasteiger partial charge in [0, 0.05) is 38.1 Å². The van der Waals surface area contributed by atoms with E-state index in [0.29, 0.717) is 0 Å². The summed E-state index contributed by atoms with van der Waals surface area (Å²) in [6.45, 7) is 8.13. The fraction of sp³-hybridized carbons (Fsp3) is 0.733. The van der Waals surface area contributed by atoms with Gasteiger partial charge in [0.1, 0.15) is 0 Å². The molecule has 0 saturated heterocycles. The molecule has 1 aromatic heterocycles. The van der Waals surface area contributed by atoms with Crippen LogP contribution in [0, 0.1) is 5.92 Å². The summed E-state index contributed by atoms with van der Waals surface area (Å²) in [7, 11) is 0. The van der Waals surface area contributed by atoms with Gasteiger partial charge in [-0.05, 0) is 36.8 Å². The fourth-order valence-corrected chi connectivity index (χ4v) is 1.87. The number of aromatic nitrogens is 1. The fourth-order valence-electron chi connectivity index (χ4n) is 1.87. The minimum atomic E-state index is 0.733. The summed E-state index contributed by atoms with van der Waals surface area (Å²) in [5, 5.41) is 3.53.